The number of rotatable bonds is 38. The minimum atomic E-state index is -4.87. The first-order chi connectivity index (χ1) is 27.2. The van der Waals surface area contributed by atoms with Gasteiger partial charge in [0.1, 0.15) is 12.7 Å². The fourth-order valence-electron chi connectivity index (χ4n) is 5.22. The molecule has 0 aliphatic heterocycles. The second-order valence-corrected chi connectivity index (χ2v) is 17.1. The number of phosphoric ester groups is 2. The molecule has 0 fully saturated rings. The Morgan fingerprint density at radius 2 is 1.26 bits per heavy atom. The van der Waals surface area contributed by atoms with Crippen molar-refractivity contribution >= 4 is 27.6 Å². The minimum absolute atomic E-state index is 0.0230. The predicted molar refractivity (Wildman–Crippen MR) is 222 cm³/mol. The van der Waals surface area contributed by atoms with Crippen LogP contribution in [0.3, 0.4) is 0 Å². The molecule has 0 radical (unpaired) electrons. The van der Waals surface area contributed by atoms with Crippen LogP contribution in [-0.4, -0.2) is 81.6 Å². The van der Waals surface area contributed by atoms with Gasteiger partial charge in [0.2, 0.25) is 0 Å². The van der Waals surface area contributed by atoms with E-state index < -0.39 is 72.3 Å². The third-order valence-electron chi connectivity index (χ3n) is 8.83. The maximum atomic E-state index is 12.6. The molecule has 5 N–H and O–H groups in total. The van der Waals surface area contributed by atoms with Gasteiger partial charge < -0.3 is 34.4 Å². The summed E-state index contributed by atoms with van der Waals surface area (Å²) in [6, 6.07) is 0. The highest BCUT2D eigenvalue weighted by atomic mass is 31.2. The van der Waals surface area contributed by atoms with Crippen molar-refractivity contribution in [1.29, 1.82) is 0 Å². The number of aliphatic hydroxyl groups is 2. The molecule has 0 aromatic rings. The smallest absolute Gasteiger partial charge is 0.462 e. The van der Waals surface area contributed by atoms with Crippen LogP contribution in [0.1, 0.15) is 149 Å². The van der Waals surface area contributed by atoms with E-state index in [4.69, 9.17) is 23.8 Å². The number of unbranched alkanes of at least 4 members (excludes halogenated alkanes) is 11. The largest absolute Gasteiger partial charge is 0.472 e. The summed E-state index contributed by atoms with van der Waals surface area (Å²) in [7, 11) is -9.71. The average molecular weight is 853 g/mol. The minimum Gasteiger partial charge on any atom is -0.462 e. The predicted octanol–water partition coefficient (Wildman–Crippen LogP) is 9.11. The van der Waals surface area contributed by atoms with Gasteiger partial charge >= 0.3 is 27.6 Å². The summed E-state index contributed by atoms with van der Waals surface area (Å²) in [5.41, 5.74) is 0. The molecule has 16 heteroatoms. The van der Waals surface area contributed by atoms with Crippen LogP contribution >= 0.6 is 15.6 Å². The molecule has 0 saturated carbocycles. The van der Waals surface area contributed by atoms with Crippen LogP contribution < -0.4 is 0 Å². The van der Waals surface area contributed by atoms with Crippen molar-refractivity contribution in [1.82, 2.24) is 0 Å². The Balaban J connectivity index is 4.73. The van der Waals surface area contributed by atoms with E-state index in [1.54, 1.807) is 6.08 Å². The molecule has 0 amide bonds. The Kier molecular flexibility index (Phi) is 34.7. The number of hydrogen-bond donors (Lipinski definition) is 5. The Labute approximate surface area is 342 Å². The molecule has 14 nitrogen and oxygen atoms in total. The van der Waals surface area contributed by atoms with Gasteiger partial charge in [0.25, 0.3) is 0 Å². The summed E-state index contributed by atoms with van der Waals surface area (Å²) in [5, 5.41) is 19.8. The van der Waals surface area contributed by atoms with E-state index in [9.17, 15) is 33.8 Å². The molecule has 0 aromatic carbocycles. The number of esters is 2. The zero-order valence-corrected chi connectivity index (χ0v) is 36.5. The molecule has 57 heavy (non-hydrogen) atoms. The SMILES string of the molecule is CCCCC/C=C\C[C@H](O)/C=C/C=C\C/C=C\CCCC(=O)O[C@H](COC(=O)CCCCCCCCCCC(C)CC)COP(=O)(O)OC[C@@H](O)COP(=O)(O)O. The van der Waals surface area contributed by atoms with E-state index in [1.165, 1.54) is 57.8 Å². The average Bonchev–Trinajstić information content (AvgIpc) is 3.16. The van der Waals surface area contributed by atoms with Crippen LogP contribution in [0.4, 0.5) is 0 Å². The Morgan fingerprint density at radius 1 is 0.649 bits per heavy atom. The van der Waals surface area contributed by atoms with Crippen molar-refractivity contribution in [2.45, 2.75) is 167 Å². The lowest BCUT2D eigenvalue weighted by molar-refractivity contribution is -0.161. The fourth-order valence-corrected chi connectivity index (χ4v) is 6.38. The molecule has 0 aliphatic carbocycles. The van der Waals surface area contributed by atoms with Gasteiger partial charge in [0.15, 0.2) is 6.10 Å². The van der Waals surface area contributed by atoms with Crippen LogP contribution in [0, 0.1) is 5.92 Å². The molecule has 0 saturated heterocycles. The molecular weight excluding hydrogens is 778 g/mol. The van der Waals surface area contributed by atoms with Gasteiger partial charge in [-0.3, -0.25) is 23.2 Å². The monoisotopic (exact) mass is 852 g/mol. The van der Waals surface area contributed by atoms with Crippen molar-refractivity contribution in [3.63, 3.8) is 0 Å². The molecule has 0 aromatic heterocycles. The summed E-state index contributed by atoms with van der Waals surface area (Å²) in [6.45, 7) is 3.86. The summed E-state index contributed by atoms with van der Waals surface area (Å²) in [5.74, 6) is -0.353. The number of carbonyl (C=O) groups is 2. The zero-order chi connectivity index (χ0) is 42.6. The summed E-state index contributed by atoms with van der Waals surface area (Å²) < 4.78 is 47.6. The molecular formula is C41H74O14P2. The van der Waals surface area contributed by atoms with Crippen molar-refractivity contribution < 1.29 is 66.7 Å². The van der Waals surface area contributed by atoms with Crippen LogP contribution in [0.15, 0.2) is 48.6 Å². The van der Waals surface area contributed by atoms with Crippen LogP contribution in [0.5, 0.6) is 0 Å². The second kappa shape index (κ2) is 35.9. The summed E-state index contributed by atoms with van der Waals surface area (Å²) in [4.78, 5) is 52.6. The van der Waals surface area contributed by atoms with Gasteiger partial charge in [-0.1, -0.05) is 140 Å². The van der Waals surface area contributed by atoms with Crippen LogP contribution in [0.25, 0.3) is 0 Å². The number of phosphoric acid groups is 2. The molecule has 0 aliphatic rings. The molecule has 332 valence electrons. The molecule has 2 unspecified atom stereocenters. The highest BCUT2D eigenvalue weighted by Gasteiger charge is 2.28. The highest BCUT2D eigenvalue weighted by Crippen LogP contribution is 2.43. The van der Waals surface area contributed by atoms with Crippen LogP contribution in [0.2, 0.25) is 0 Å². The number of ether oxygens (including phenoxy) is 2. The van der Waals surface area contributed by atoms with Gasteiger partial charge in [0, 0.05) is 12.8 Å². The molecule has 0 rings (SSSR count). The van der Waals surface area contributed by atoms with Gasteiger partial charge in [-0.25, -0.2) is 9.13 Å². The Hall–Kier alpha value is -1.96. The summed E-state index contributed by atoms with van der Waals surface area (Å²) >= 11 is 0. The van der Waals surface area contributed by atoms with Crippen molar-refractivity contribution in [2.24, 2.45) is 5.92 Å². The maximum absolute atomic E-state index is 12.6. The third kappa shape index (κ3) is 39.3. The number of aliphatic hydroxyl groups excluding tert-OH is 2. The first kappa shape index (κ1) is 55.0. The normalized spacial score (nSPS) is 15.7. The number of carbonyl (C=O) groups excluding carboxylic acids is 2. The van der Waals surface area contributed by atoms with Gasteiger partial charge in [-0.05, 0) is 50.9 Å². The molecule has 5 atom stereocenters. The first-order valence-electron chi connectivity index (χ1n) is 20.8. The van der Waals surface area contributed by atoms with Crippen molar-refractivity contribution in [3.05, 3.63) is 48.6 Å². The first-order valence-corrected chi connectivity index (χ1v) is 23.9. The van der Waals surface area contributed by atoms with E-state index in [1.807, 2.05) is 36.5 Å². The molecule has 0 heterocycles. The quantitative estimate of drug-likeness (QED) is 0.0129. The lowest BCUT2D eigenvalue weighted by Crippen LogP contribution is -2.29. The lowest BCUT2D eigenvalue weighted by Gasteiger charge is -2.20. The van der Waals surface area contributed by atoms with Gasteiger partial charge in [0.05, 0.1) is 25.9 Å². The standard InChI is InChI=1S/C41H74O14P2/c1-4-6-7-8-18-23-28-37(42)29-24-19-14-10-12-16-21-26-31-41(45)55-39(35-54-57(49,50)53-33-38(43)32-52-56(46,47)48)34-51-40(44)30-25-20-15-11-9-13-17-22-27-36(3)5-2/h12,14,16,18-19,23-24,29,36-39,42-43H,4-11,13,15,17,20-22,25-28,30-35H2,1-3H3,(H,49,50)(H2,46,47,48)/b16-12-,19-14-,23-18-,29-24+/t36?,37-,38-,39+/m0/s1. The van der Waals surface area contributed by atoms with Gasteiger partial charge in [-0.15, -0.1) is 0 Å². The second-order valence-electron chi connectivity index (χ2n) is 14.4. The highest BCUT2D eigenvalue weighted by molar-refractivity contribution is 7.47. The van der Waals surface area contributed by atoms with E-state index in [0.717, 1.165) is 31.6 Å². The van der Waals surface area contributed by atoms with E-state index in [2.05, 4.69) is 35.9 Å². The third-order valence-corrected chi connectivity index (χ3v) is 10.3. The zero-order valence-electron chi connectivity index (χ0n) is 34.7. The molecule has 0 bridgehead atoms. The van der Waals surface area contributed by atoms with Crippen molar-refractivity contribution in [2.75, 3.05) is 26.4 Å². The Bertz CT molecular complexity index is 1230. The topological polar surface area (TPSA) is 216 Å². The van der Waals surface area contributed by atoms with Crippen molar-refractivity contribution in [3.8, 4) is 0 Å². The van der Waals surface area contributed by atoms with E-state index in [0.29, 0.717) is 32.1 Å². The van der Waals surface area contributed by atoms with E-state index in [-0.39, 0.29) is 12.8 Å². The lowest BCUT2D eigenvalue weighted by atomic mass is 9.99. The number of hydrogen-bond acceptors (Lipinski definition) is 11. The maximum Gasteiger partial charge on any atom is 0.472 e. The van der Waals surface area contributed by atoms with Gasteiger partial charge in [-0.2, -0.15) is 0 Å². The Morgan fingerprint density at radius 3 is 1.95 bits per heavy atom. The number of allylic oxidation sites excluding steroid dienone is 6. The summed E-state index contributed by atoms with van der Waals surface area (Å²) in [6.07, 6.45) is 30.1. The molecule has 0 spiro atoms. The van der Waals surface area contributed by atoms with Crippen LogP contribution in [-0.2, 0) is 41.8 Å². The van der Waals surface area contributed by atoms with E-state index >= 15 is 0 Å². The fraction of sp³-hybridized carbons (Fsp3) is 0.756.